The van der Waals surface area contributed by atoms with E-state index in [-0.39, 0.29) is 31.0 Å². The maximum Gasteiger partial charge on any atom is 0.232 e. The Hall–Kier alpha value is -1.64. The molecule has 1 N–H and O–H groups in total. The number of carbonyl (C=O) groups excluding carboxylic acids is 1. The second-order valence-corrected chi connectivity index (χ2v) is 8.74. The van der Waals surface area contributed by atoms with Crippen LogP contribution in [0.25, 0.3) is 0 Å². The molecule has 0 fully saturated rings. The molecule has 2 aromatic rings. The Morgan fingerprint density at radius 3 is 2.58 bits per heavy atom. The molecule has 0 aliphatic rings. The van der Waals surface area contributed by atoms with Gasteiger partial charge < -0.3 is 5.32 Å². The Kier molecular flexibility index (Phi) is 7.02. The predicted octanol–water partition coefficient (Wildman–Crippen LogP) is 4.43. The van der Waals surface area contributed by atoms with Gasteiger partial charge in [-0.3, -0.25) is 9.10 Å². The molecule has 0 spiro atoms. The van der Waals surface area contributed by atoms with Gasteiger partial charge in [0.2, 0.25) is 15.9 Å². The minimum atomic E-state index is -3.67. The molecule has 5 nitrogen and oxygen atoms in total. The van der Waals surface area contributed by atoms with Gasteiger partial charge in [0.15, 0.2) is 0 Å². The first-order valence-electron chi connectivity index (χ1n) is 7.65. The molecule has 0 saturated carbocycles. The number of hydrogen-bond acceptors (Lipinski definition) is 3. The summed E-state index contributed by atoms with van der Waals surface area (Å²) in [7, 11) is -3.67. The topological polar surface area (TPSA) is 66.5 Å². The fourth-order valence-electron chi connectivity index (χ4n) is 2.30. The summed E-state index contributed by atoms with van der Waals surface area (Å²) in [4.78, 5) is 12.0. The van der Waals surface area contributed by atoms with Crippen LogP contribution in [0, 0.1) is 5.82 Å². The first-order chi connectivity index (χ1) is 12.2. The molecule has 0 aromatic heterocycles. The van der Waals surface area contributed by atoms with E-state index in [0.717, 1.165) is 10.6 Å². The third-order valence-corrected chi connectivity index (χ3v) is 5.90. The number of anilines is 2. The molecule has 0 heterocycles. The van der Waals surface area contributed by atoms with E-state index in [0.29, 0.717) is 15.2 Å². The lowest BCUT2D eigenvalue weighted by atomic mass is 10.2. The molecule has 9 heteroatoms. The molecule has 0 unspecified atom stereocenters. The van der Waals surface area contributed by atoms with Crippen LogP contribution in [0.2, 0.25) is 5.02 Å². The van der Waals surface area contributed by atoms with Crippen LogP contribution in [0.1, 0.15) is 12.8 Å². The number of rotatable bonds is 7. The summed E-state index contributed by atoms with van der Waals surface area (Å²) in [6, 6.07) is 10.6. The molecule has 0 radical (unpaired) electrons. The zero-order chi connectivity index (χ0) is 19.3. The second-order valence-electron chi connectivity index (χ2n) is 5.57. The van der Waals surface area contributed by atoms with Gasteiger partial charge in [0.05, 0.1) is 17.0 Å². The number of halogens is 3. The van der Waals surface area contributed by atoms with Crippen molar-refractivity contribution < 1.29 is 17.6 Å². The molecule has 1 amide bonds. The van der Waals surface area contributed by atoms with Crippen molar-refractivity contribution in [2.75, 3.05) is 22.4 Å². The average Bonchev–Trinajstić information content (AvgIpc) is 2.55. The van der Waals surface area contributed by atoms with Crippen LogP contribution in [-0.2, 0) is 14.8 Å². The number of nitrogens with one attached hydrogen (secondary N) is 1. The van der Waals surface area contributed by atoms with E-state index in [1.165, 1.54) is 18.2 Å². The van der Waals surface area contributed by atoms with Crippen LogP contribution < -0.4 is 9.62 Å². The Morgan fingerprint density at radius 1 is 1.27 bits per heavy atom. The molecule has 0 saturated heterocycles. The summed E-state index contributed by atoms with van der Waals surface area (Å²) >= 11 is 9.23. The van der Waals surface area contributed by atoms with E-state index in [2.05, 4.69) is 21.2 Å². The van der Waals surface area contributed by atoms with Crippen molar-refractivity contribution in [3.63, 3.8) is 0 Å². The first kappa shape index (κ1) is 20.7. The number of para-hydroxylation sites is 1. The van der Waals surface area contributed by atoms with Crippen LogP contribution in [0.3, 0.4) is 0 Å². The van der Waals surface area contributed by atoms with Crippen molar-refractivity contribution in [2.24, 2.45) is 0 Å². The first-order valence-corrected chi connectivity index (χ1v) is 10.7. The normalized spacial score (nSPS) is 11.2. The van der Waals surface area contributed by atoms with E-state index >= 15 is 0 Å². The smallest absolute Gasteiger partial charge is 0.232 e. The molecule has 0 aliphatic carbocycles. The highest BCUT2D eigenvalue weighted by atomic mass is 79.9. The molecule has 140 valence electrons. The fourth-order valence-corrected chi connectivity index (χ4v) is 3.69. The molecule has 0 bridgehead atoms. The largest absolute Gasteiger partial charge is 0.326 e. The van der Waals surface area contributed by atoms with Gasteiger partial charge in [0.25, 0.3) is 0 Å². The Labute approximate surface area is 165 Å². The summed E-state index contributed by atoms with van der Waals surface area (Å²) in [5.74, 6) is -0.919. The monoisotopic (exact) mass is 462 g/mol. The van der Waals surface area contributed by atoms with Crippen molar-refractivity contribution in [1.82, 2.24) is 0 Å². The van der Waals surface area contributed by atoms with Crippen molar-refractivity contribution in [1.29, 1.82) is 0 Å². The number of amides is 1. The zero-order valence-corrected chi connectivity index (χ0v) is 17.0. The highest BCUT2D eigenvalue weighted by Crippen LogP contribution is 2.26. The van der Waals surface area contributed by atoms with Crippen LogP contribution >= 0.6 is 27.5 Å². The minimum absolute atomic E-state index is 0.00567. The van der Waals surface area contributed by atoms with Gasteiger partial charge >= 0.3 is 0 Å². The van der Waals surface area contributed by atoms with Gasteiger partial charge in [-0.1, -0.05) is 23.7 Å². The van der Waals surface area contributed by atoms with E-state index in [9.17, 15) is 17.6 Å². The number of nitrogens with zero attached hydrogens (tertiary/aromatic N) is 1. The van der Waals surface area contributed by atoms with Crippen LogP contribution in [-0.4, -0.2) is 27.1 Å². The minimum Gasteiger partial charge on any atom is -0.326 e. The summed E-state index contributed by atoms with van der Waals surface area (Å²) < 4.78 is 39.5. The number of benzene rings is 2. The molecule has 2 rings (SSSR count). The lowest BCUT2D eigenvalue weighted by Gasteiger charge is -2.22. The van der Waals surface area contributed by atoms with Gasteiger partial charge in [0.1, 0.15) is 5.82 Å². The lowest BCUT2D eigenvalue weighted by Crippen LogP contribution is -2.32. The van der Waals surface area contributed by atoms with E-state index < -0.39 is 15.8 Å². The van der Waals surface area contributed by atoms with Crippen molar-refractivity contribution >= 4 is 54.8 Å². The van der Waals surface area contributed by atoms with Crippen molar-refractivity contribution in [3.8, 4) is 0 Å². The van der Waals surface area contributed by atoms with Crippen LogP contribution in [0.5, 0.6) is 0 Å². The lowest BCUT2D eigenvalue weighted by molar-refractivity contribution is -0.116. The number of sulfonamides is 1. The molecule has 2 aromatic carbocycles. The molecular formula is C17H17BrClFN2O3S. The predicted molar refractivity (Wildman–Crippen MR) is 106 cm³/mol. The van der Waals surface area contributed by atoms with Gasteiger partial charge in [-0.25, -0.2) is 12.8 Å². The summed E-state index contributed by atoms with van der Waals surface area (Å²) in [5.41, 5.74) is 0.507. The van der Waals surface area contributed by atoms with E-state index in [1.54, 1.807) is 24.3 Å². The zero-order valence-electron chi connectivity index (χ0n) is 13.9. The van der Waals surface area contributed by atoms with Gasteiger partial charge in [0, 0.05) is 23.1 Å². The van der Waals surface area contributed by atoms with Gasteiger partial charge in [-0.2, -0.15) is 0 Å². The van der Waals surface area contributed by atoms with E-state index in [4.69, 9.17) is 11.6 Å². The Morgan fingerprint density at radius 2 is 1.96 bits per heavy atom. The van der Waals surface area contributed by atoms with Crippen molar-refractivity contribution in [2.45, 2.75) is 12.8 Å². The van der Waals surface area contributed by atoms with Gasteiger partial charge in [-0.15, -0.1) is 0 Å². The highest BCUT2D eigenvalue weighted by Gasteiger charge is 2.20. The van der Waals surface area contributed by atoms with Crippen LogP contribution in [0.15, 0.2) is 46.9 Å². The summed E-state index contributed by atoms with van der Waals surface area (Å²) in [6.45, 7) is -0.00567. The third kappa shape index (κ3) is 5.69. The second kappa shape index (κ2) is 8.83. The van der Waals surface area contributed by atoms with Crippen molar-refractivity contribution in [3.05, 3.63) is 57.8 Å². The Balaban J connectivity index is 1.98. The molecule has 0 atom stereocenters. The number of hydrogen-bond donors (Lipinski definition) is 1. The summed E-state index contributed by atoms with van der Waals surface area (Å²) in [6.07, 6.45) is 1.31. The van der Waals surface area contributed by atoms with Gasteiger partial charge in [-0.05, 0) is 52.7 Å². The van der Waals surface area contributed by atoms with E-state index in [1.807, 2.05) is 0 Å². The summed E-state index contributed by atoms with van der Waals surface area (Å²) in [5, 5.41) is 3.15. The highest BCUT2D eigenvalue weighted by molar-refractivity contribution is 9.10. The standard InChI is InChI=1S/C17H17BrClFN2O3S/c1-26(24,25)22(16-6-3-2-5-15(16)20)10-4-7-17(23)21-12-8-9-13(18)14(19)11-12/h2-3,5-6,8-9,11H,4,7,10H2,1H3,(H,21,23). The maximum absolute atomic E-state index is 13.9. The fraction of sp³-hybridized carbons (Fsp3) is 0.235. The average molecular weight is 464 g/mol. The SMILES string of the molecule is CS(=O)(=O)N(CCCC(=O)Nc1ccc(Br)c(Cl)c1)c1ccccc1F. The Bertz CT molecular complexity index is 909. The van der Waals surface area contributed by atoms with Crippen LogP contribution in [0.4, 0.5) is 15.8 Å². The third-order valence-electron chi connectivity index (χ3n) is 3.49. The maximum atomic E-state index is 13.9. The molecular weight excluding hydrogens is 447 g/mol. The molecule has 26 heavy (non-hydrogen) atoms. The number of carbonyl (C=O) groups is 1. The quantitative estimate of drug-likeness (QED) is 0.661. The molecule has 0 aliphatic heterocycles.